The van der Waals surface area contributed by atoms with Gasteiger partial charge in [0.2, 0.25) is 10.0 Å². The Kier molecular flexibility index (Phi) is 4.77. The Morgan fingerprint density at radius 1 is 1.30 bits per heavy atom. The molecular formula is C14H19FN2O2S. The van der Waals surface area contributed by atoms with E-state index in [-0.39, 0.29) is 12.2 Å². The highest BCUT2D eigenvalue weighted by atomic mass is 32.2. The second-order valence-electron chi connectivity index (χ2n) is 4.91. The fraction of sp³-hybridized carbons (Fsp3) is 0.429. The van der Waals surface area contributed by atoms with Crippen LogP contribution in [-0.2, 0) is 10.0 Å². The van der Waals surface area contributed by atoms with Crippen LogP contribution in [0.25, 0.3) is 0 Å². The topological polar surface area (TPSA) is 72.2 Å². The van der Waals surface area contributed by atoms with Crippen molar-refractivity contribution >= 4 is 15.7 Å². The standard InChI is InChI=1S/C14H19FN2O2S/c15-12-7-4-8-13(16)14(12)20(18,19)17-10-9-11-5-2-1-3-6-11/h4-5,7-8,17H,1-3,6,9-10,16H2. The second kappa shape index (κ2) is 6.37. The van der Waals surface area contributed by atoms with Crippen LogP contribution < -0.4 is 10.5 Å². The molecule has 4 nitrogen and oxygen atoms in total. The second-order valence-corrected chi connectivity index (χ2v) is 6.62. The Balaban J connectivity index is 2.02. The molecule has 1 aromatic rings. The third-order valence-electron chi connectivity index (χ3n) is 3.39. The Bertz CT molecular complexity index is 591. The Labute approximate surface area is 118 Å². The molecule has 0 amide bonds. The fourth-order valence-electron chi connectivity index (χ4n) is 2.36. The molecule has 110 valence electrons. The number of benzene rings is 1. The lowest BCUT2D eigenvalue weighted by atomic mass is 9.97. The van der Waals surface area contributed by atoms with E-state index in [4.69, 9.17) is 5.73 Å². The van der Waals surface area contributed by atoms with Gasteiger partial charge in [-0.15, -0.1) is 0 Å². The summed E-state index contributed by atoms with van der Waals surface area (Å²) in [6, 6.07) is 3.85. The lowest BCUT2D eigenvalue weighted by molar-refractivity contribution is 0.557. The van der Waals surface area contributed by atoms with Crippen LogP contribution in [0.2, 0.25) is 0 Å². The smallest absolute Gasteiger partial charge is 0.245 e. The normalized spacial score (nSPS) is 15.9. The first-order valence-corrected chi connectivity index (χ1v) is 8.20. The van der Waals surface area contributed by atoms with Crippen LogP contribution in [0.1, 0.15) is 32.1 Å². The minimum absolute atomic E-state index is 0.0746. The van der Waals surface area contributed by atoms with E-state index in [0.717, 1.165) is 25.3 Å². The number of halogens is 1. The summed E-state index contributed by atoms with van der Waals surface area (Å²) in [4.78, 5) is -0.461. The average molecular weight is 298 g/mol. The van der Waals surface area contributed by atoms with E-state index < -0.39 is 20.7 Å². The van der Waals surface area contributed by atoms with Gasteiger partial charge in [-0.05, 0) is 44.2 Å². The Morgan fingerprint density at radius 3 is 2.75 bits per heavy atom. The average Bonchev–Trinajstić information content (AvgIpc) is 2.39. The number of hydrogen-bond donors (Lipinski definition) is 2. The lowest BCUT2D eigenvalue weighted by Gasteiger charge is -2.14. The van der Waals surface area contributed by atoms with Gasteiger partial charge in [-0.1, -0.05) is 17.7 Å². The van der Waals surface area contributed by atoms with Crippen LogP contribution in [-0.4, -0.2) is 15.0 Å². The van der Waals surface area contributed by atoms with Gasteiger partial charge in [-0.25, -0.2) is 17.5 Å². The van der Waals surface area contributed by atoms with Gasteiger partial charge in [0.15, 0.2) is 0 Å². The predicted molar refractivity (Wildman–Crippen MR) is 77.2 cm³/mol. The van der Waals surface area contributed by atoms with Crippen molar-refractivity contribution in [3.05, 3.63) is 35.7 Å². The molecule has 0 aromatic heterocycles. The molecule has 0 fully saturated rings. The van der Waals surface area contributed by atoms with Crippen LogP contribution in [0.5, 0.6) is 0 Å². The van der Waals surface area contributed by atoms with E-state index in [1.165, 1.54) is 24.1 Å². The quantitative estimate of drug-likeness (QED) is 0.648. The summed E-state index contributed by atoms with van der Waals surface area (Å²) in [5, 5.41) is 0. The van der Waals surface area contributed by atoms with E-state index in [1.54, 1.807) is 0 Å². The molecule has 0 aliphatic heterocycles. The molecule has 1 aliphatic rings. The monoisotopic (exact) mass is 298 g/mol. The van der Waals surface area contributed by atoms with Crippen molar-refractivity contribution in [2.45, 2.75) is 37.0 Å². The summed E-state index contributed by atoms with van der Waals surface area (Å²) >= 11 is 0. The summed E-state index contributed by atoms with van der Waals surface area (Å²) < 4.78 is 40.2. The van der Waals surface area contributed by atoms with E-state index in [9.17, 15) is 12.8 Å². The Hall–Kier alpha value is -1.40. The largest absolute Gasteiger partial charge is 0.398 e. The number of nitrogens with two attached hydrogens (primary N) is 1. The number of allylic oxidation sites excluding steroid dienone is 1. The molecule has 2 rings (SSSR count). The fourth-order valence-corrected chi connectivity index (χ4v) is 3.58. The van der Waals surface area contributed by atoms with Crippen LogP contribution in [0.3, 0.4) is 0 Å². The zero-order valence-corrected chi connectivity index (χ0v) is 12.0. The third kappa shape index (κ3) is 3.58. The van der Waals surface area contributed by atoms with Crippen molar-refractivity contribution in [3.8, 4) is 0 Å². The van der Waals surface area contributed by atoms with Gasteiger partial charge < -0.3 is 5.73 Å². The van der Waals surface area contributed by atoms with E-state index in [2.05, 4.69) is 10.8 Å². The maximum atomic E-state index is 13.6. The van der Waals surface area contributed by atoms with Gasteiger partial charge >= 0.3 is 0 Å². The van der Waals surface area contributed by atoms with E-state index in [1.807, 2.05) is 0 Å². The number of nitrogens with one attached hydrogen (secondary N) is 1. The van der Waals surface area contributed by atoms with E-state index >= 15 is 0 Å². The van der Waals surface area contributed by atoms with Gasteiger partial charge in [-0.3, -0.25) is 0 Å². The van der Waals surface area contributed by atoms with Crippen molar-refractivity contribution in [2.75, 3.05) is 12.3 Å². The first-order chi connectivity index (χ1) is 9.50. The highest BCUT2D eigenvalue weighted by molar-refractivity contribution is 7.89. The maximum Gasteiger partial charge on any atom is 0.245 e. The summed E-state index contributed by atoms with van der Waals surface area (Å²) in [6.07, 6.45) is 7.24. The SMILES string of the molecule is Nc1cccc(F)c1S(=O)(=O)NCCC1=CCCCC1. The van der Waals surface area contributed by atoms with Crippen LogP contribution in [0.4, 0.5) is 10.1 Å². The molecule has 0 radical (unpaired) electrons. The predicted octanol–water partition coefficient (Wildman–Crippen LogP) is 2.58. The molecule has 0 saturated carbocycles. The summed E-state index contributed by atoms with van der Waals surface area (Å²) in [5.41, 5.74) is 6.74. The molecule has 3 N–H and O–H groups in total. The summed E-state index contributed by atoms with van der Waals surface area (Å²) in [5.74, 6) is -0.825. The van der Waals surface area contributed by atoms with Crippen molar-refractivity contribution < 1.29 is 12.8 Å². The molecule has 20 heavy (non-hydrogen) atoms. The van der Waals surface area contributed by atoms with Gasteiger partial charge in [-0.2, -0.15) is 0 Å². The molecule has 0 atom stereocenters. The van der Waals surface area contributed by atoms with Gasteiger partial charge in [0.25, 0.3) is 0 Å². The summed E-state index contributed by atoms with van der Waals surface area (Å²) in [7, 11) is -3.90. The number of anilines is 1. The lowest BCUT2D eigenvalue weighted by Crippen LogP contribution is -2.27. The van der Waals surface area contributed by atoms with Gasteiger partial charge in [0, 0.05) is 6.54 Å². The van der Waals surface area contributed by atoms with Crippen molar-refractivity contribution in [1.29, 1.82) is 0 Å². The molecule has 6 heteroatoms. The zero-order chi connectivity index (χ0) is 14.6. The first kappa shape index (κ1) is 15.0. The van der Waals surface area contributed by atoms with Gasteiger partial charge in [0.05, 0.1) is 5.69 Å². The maximum absolute atomic E-state index is 13.6. The van der Waals surface area contributed by atoms with Crippen LogP contribution in [0, 0.1) is 5.82 Å². The minimum atomic E-state index is -3.90. The Morgan fingerprint density at radius 2 is 2.10 bits per heavy atom. The highest BCUT2D eigenvalue weighted by Crippen LogP contribution is 2.22. The zero-order valence-electron chi connectivity index (χ0n) is 11.2. The minimum Gasteiger partial charge on any atom is -0.398 e. The molecular weight excluding hydrogens is 279 g/mol. The van der Waals surface area contributed by atoms with Crippen LogP contribution >= 0.6 is 0 Å². The number of nitrogen functional groups attached to an aromatic ring is 1. The number of hydrogen-bond acceptors (Lipinski definition) is 3. The number of sulfonamides is 1. The molecule has 1 aromatic carbocycles. The molecule has 0 bridgehead atoms. The number of rotatable bonds is 5. The van der Waals surface area contributed by atoms with Crippen LogP contribution in [0.15, 0.2) is 34.7 Å². The summed E-state index contributed by atoms with van der Waals surface area (Å²) in [6.45, 7) is 0.266. The molecule has 0 unspecified atom stereocenters. The first-order valence-electron chi connectivity index (χ1n) is 6.72. The van der Waals surface area contributed by atoms with Crippen molar-refractivity contribution in [2.24, 2.45) is 0 Å². The molecule has 1 aliphatic carbocycles. The van der Waals surface area contributed by atoms with Crippen molar-refractivity contribution in [1.82, 2.24) is 4.72 Å². The molecule has 0 heterocycles. The van der Waals surface area contributed by atoms with E-state index in [0.29, 0.717) is 6.42 Å². The van der Waals surface area contributed by atoms with Crippen molar-refractivity contribution in [3.63, 3.8) is 0 Å². The third-order valence-corrected chi connectivity index (χ3v) is 4.94. The molecule has 0 spiro atoms. The highest BCUT2D eigenvalue weighted by Gasteiger charge is 2.21. The van der Waals surface area contributed by atoms with Gasteiger partial charge in [0.1, 0.15) is 10.7 Å². The molecule has 0 saturated heterocycles.